The first-order valence-electron chi connectivity index (χ1n) is 13.6. The van der Waals surface area contributed by atoms with E-state index in [0.29, 0.717) is 18.3 Å². The molecule has 0 heterocycles. The van der Waals surface area contributed by atoms with Crippen LogP contribution in [0.2, 0.25) is 0 Å². The number of hydrogen-bond donors (Lipinski definition) is 2. The number of amides is 1. The third-order valence-corrected chi connectivity index (χ3v) is 8.76. The van der Waals surface area contributed by atoms with Gasteiger partial charge in [-0.05, 0) is 50.1 Å². The topological polar surface area (TPSA) is 84.9 Å². The van der Waals surface area contributed by atoms with Gasteiger partial charge in [-0.25, -0.2) is 4.79 Å². The lowest BCUT2D eigenvalue weighted by molar-refractivity contribution is -0.274. The van der Waals surface area contributed by atoms with Gasteiger partial charge in [0.05, 0.1) is 12.2 Å². The second-order valence-corrected chi connectivity index (χ2v) is 12.4. The summed E-state index contributed by atoms with van der Waals surface area (Å²) in [4.78, 5) is 26.0. The van der Waals surface area contributed by atoms with Crippen LogP contribution in [-0.2, 0) is 10.5 Å². The van der Waals surface area contributed by atoms with Crippen molar-refractivity contribution in [2.24, 2.45) is 5.92 Å². The molecule has 1 aliphatic carbocycles. The van der Waals surface area contributed by atoms with Crippen LogP contribution in [-0.4, -0.2) is 40.7 Å². The minimum absolute atomic E-state index is 0.0324. The number of aliphatic carboxylic acids is 1. The highest BCUT2D eigenvalue weighted by molar-refractivity contribution is 7.99. The third-order valence-electron chi connectivity index (χ3n) is 7.33. The molecule has 0 spiro atoms. The number of benzene rings is 3. The van der Waals surface area contributed by atoms with Crippen molar-refractivity contribution in [3.05, 3.63) is 71.8 Å². The Morgan fingerprint density at radius 2 is 1.68 bits per heavy atom. The van der Waals surface area contributed by atoms with E-state index in [2.05, 4.69) is 10.1 Å². The fourth-order valence-electron chi connectivity index (χ4n) is 5.07. The molecule has 1 atom stereocenters. The molecule has 220 valence electrons. The molecule has 0 saturated heterocycles. The van der Waals surface area contributed by atoms with Crippen LogP contribution in [0, 0.1) is 5.92 Å². The van der Waals surface area contributed by atoms with Gasteiger partial charge in [0.1, 0.15) is 17.5 Å². The molecule has 0 radical (unpaired) electrons. The van der Waals surface area contributed by atoms with Gasteiger partial charge in [0.15, 0.2) is 0 Å². The number of carboxylic acids is 1. The molecule has 1 fully saturated rings. The van der Waals surface area contributed by atoms with Gasteiger partial charge in [-0.15, -0.1) is 24.9 Å². The number of carbonyl (C=O) groups excluding carboxylic acids is 1. The van der Waals surface area contributed by atoms with Crippen molar-refractivity contribution >= 4 is 34.4 Å². The zero-order chi connectivity index (χ0) is 29.6. The zero-order valence-corrected chi connectivity index (χ0v) is 23.8. The van der Waals surface area contributed by atoms with Crippen LogP contribution in [0.3, 0.4) is 0 Å². The standard InChI is InChI=1S/C31H34F3NO5S/c1-30(2,41-19-22-13-7-9-15-25(22)40-31(32,33)34)27(29(37)38)35-28(36)24-17-16-21-12-6-8-14-23(21)26(24)39-18-20-10-4-3-5-11-20/h6-9,12-17,20,27H,3-5,10-11,18-19H2,1-2H3,(H,35,36)(H,37,38)/t27-/m1/s1. The average molecular weight is 590 g/mol. The van der Waals surface area contributed by atoms with E-state index in [4.69, 9.17) is 4.74 Å². The lowest BCUT2D eigenvalue weighted by Crippen LogP contribution is -2.52. The predicted molar refractivity (Wildman–Crippen MR) is 153 cm³/mol. The van der Waals surface area contributed by atoms with Crippen molar-refractivity contribution in [2.45, 2.75) is 68.9 Å². The van der Waals surface area contributed by atoms with E-state index in [1.165, 1.54) is 24.6 Å². The number of hydrogen-bond acceptors (Lipinski definition) is 5. The van der Waals surface area contributed by atoms with Gasteiger partial charge >= 0.3 is 12.3 Å². The Kier molecular flexibility index (Phi) is 9.73. The van der Waals surface area contributed by atoms with Gasteiger partial charge in [0.25, 0.3) is 5.91 Å². The Bertz CT molecular complexity index is 1370. The van der Waals surface area contributed by atoms with Crippen molar-refractivity contribution in [2.75, 3.05) is 6.61 Å². The number of carbonyl (C=O) groups is 2. The summed E-state index contributed by atoms with van der Waals surface area (Å²) in [5.74, 6) is -1.37. The number of halogens is 3. The molecule has 1 saturated carbocycles. The van der Waals surface area contributed by atoms with E-state index in [-0.39, 0.29) is 22.6 Å². The molecule has 3 aromatic rings. The van der Waals surface area contributed by atoms with Gasteiger partial charge in [-0.1, -0.05) is 67.8 Å². The first kappa shape index (κ1) is 30.6. The molecule has 0 aromatic heterocycles. The summed E-state index contributed by atoms with van der Waals surface area (Å²) >= 11 is 1.11. The molecule has 0 aliphatic heterocycles. The van der Waals surface area contributed by atoms with Crippen LogP contribution in [0.25, 0.3) is 10.8 Å². The fraction of sp³-hybridized carbons (Fsp3) is 0.419. The summed E-state index contributed by atoms with van der Waals surface area (Å²) in [6.45, 7) is 3.73. The fourth-order valence-corrected chi connectivity index (χ4v) is 6.16. The molecule has 0 bridgehead atoms. The number of fused-ring (bicyclic) bond motifs is 1. The van der Waals surface area contributed by atoms with Gasteiger partial charge in [0.2, 0.25) is 0 Å². The van der Waals surface area contributed by atoms with Crippen LogP contribution in [0.5, 0.6) is 11.5 Å². The molecule has 2 N–H and O–H groups in total. The lowest BCUT2D eigenvalue weighted by Gasteiger charge is -2.32. The van der Waals surface area contributed by atoms with Crippen LogP contribution in [0.15, 0.2) is 60.7 Å². The Hall–Kier alpha value is -3.40. The molecule has 1 amide bonds. The molecule has 10 heteroatoms. The molecule has 0 unspecified atom stereocenters. The first-order chi connectivity index (χ1) is 19.4. The summed E-state index contributed by atoms with van der Waals surface area (Å²) in [5.41, 5.74) is 0.488. The van der Waals surface area contributed by atoms with Crippen molar-refractivity contribution in [1.82, 2.24) is 5.32 Å². The number of para-hydroxylation sites is 1. The minimum atomic E-state index is -4.86. The summed E-state index contributed by atoms with van der Waals surface area (Å²) in [6.07, 6.45) is 0.785. The Morgan fingerprint density at radius 1 is 1.00 bits per heavy atom. The Morgan fingerprint density at radius 3 is 2.39 bits per heavy atom. The molecule has 4 rings (SSSR count). The van der Waals surface area contributed by atoms with Crippen molar-refractivity contribution < 1.29 is 37.3 Å². The van der Waals surface area contributed by atoms with Gasteiger partial charge < -0.3 is 19.9 Å². The highest BCUT2D eigenvalue weighted by atomic mass is 32.2. The lowest BCUT2D eigenvalue weighted by atomic mass is 9.90. The van der Waals surface area contributed by atoms with E-state index in [0.717, 1.165) is 48.2 Å². The monoisotopic (exact) mass is 589 g/mol. The van der Waals surface area contributed by atoms with E-state index in [9.17, 15) is 27.9 Å². The maximum Gasteiger partial charge on any atom is 0.573 e. The quantitative estimate of drug-likeness (QED) is 0.240. The summed E-state index contributed by atoms with van der Waals surface area (Å²) in [5, 5.41) is 14.4. The van der Waals surface area contributed by atoms with Crippen molar-refractivity contribution in [1.29, 1.82) is 0 Å². The van der Waals surface area contributed by atoms with E-state index < -0.39 is 29.0 Å². The Balaban J connectivity index is 1.54. The van der Waals surface area contributed by atoms with Gasteiger partial charge in [0, 0.05) is 21.4 Å². The summed E-state index contributed by atoms with van der Waals surface area (Å²) in [6, 6.07) is 15.3. The predicted octanol–water partition coefficient (Wildman–Crippen LogP) is 7.59. The second kappa shape index (κ2) is 13.1. The normalized spacial score (nSPS) is 15.3. The number of ether oxygens (including phenoxy) is 2. The first-order valence-corrected chi connectivity index (χ1v) is 14.6. The van der Waals surface area contributed by atoms with Gasteiger partial charge in [-0.2, -0.15) is 0 Å². The second-order valence-electron chi connectivity index (χ2n) is 10.8. The molecule has 3 aromatic carbocycles. The van der Waals surface area contributed by atoms with E-state index in [1.54, 1.807) is 32.0 Å². The molecular weight excluding hydrogens is 555 g/mol. The van der Waals surface area contributed by atoms with Crippen LogP contribution in [0.4, 0.5) is 13.2 Å². The van der Waals surface area contributed by atoms with E-state index in [1.807, 2.05) is 24.3 Å². The maximum atomic E-state index is 13.6. The van der Waals surface area contributed by atoms with Gasteiger partial charge in [-0.3, -0.25) is 4.79 Å². The molecule has 1 aliphatic rings. The number of nitrogens with one attached hydrogen (secondary N) is 1. The smallest absolute Gasteiger partial charge is 0.492 e. The average Bonchev–Trinajstić information content (AvgIpc) is 2.93. The highest BCUT2D eigenvalue weighted by Crippen LogP contribution is 2.37. The number of carboxylic acid groups (broad SMARTS) is 1. The number of alkyl halides is 3. The van der Waals surface area contributed by atoms with E-state index >= 15 is 0 Å². The number of rotatable bonds is 11. The summed E-state index contributed by atoms with van der Waals surface area (Å²) in [7, 11) is 0. The van der Waals surface area contributed by atoms with Crippen LogP contribution in [0.1, 0.15) is 61.9 Å². The SMILES string of the molecule is CC(C)(SCc1ccccc1OC(F)(F)F)[C@H](NC(=O)c1ccc2ccccc2c1OCC1CCCCC1)C(=O)O. The molecule has 41 heavy (non-hydrogen) atoms. The largest absolute Gasteiger partial charge is 0.573 e. The Labute approximate surface area is 241 Å². The third kappa shape index (κ3) is 8.09. The van der Waals surface area contributed by atoms with Crippen LogP contribution >= 0.6 is 11.8 Å². The van der Waals surface area contributed by atoms with Crippen molar-refractivity contribution in [3.63, 3.8) is 0 Å². The molecule has 6 nitrogen and oxygen atoms in total. The minimum Gasteiger partial charge on any atom is -0.492 e. The zero-order valence-electron chi connectivity index (χ0n) is 23.0. The van der Waals surface area contributed by atoms with Crippen molar-refractivity contribution in [3.8, 4) is 11.5 Å². The summed E-state index contributed by atoms with van der Waals surface area (Å²) < 4.78 is 47.9. The van der Waals surface area contributed by atoms with Crippen LogP contribution < -0.4 is 14.8 Å². The maximum absolute atomic E-state index is 13.6. The molecular formula is C31H34F3NO5S. The number of thioether (sulfide) groups is 1. The highest BCUT2D eigenvalue weighted by Gasteiger charge is 2.38.